The highest BCUT2D eigenvalue weighted by Gasteiger charge is 2.20. The molecule has 2 N–H and O–H groups in total. The van der Waals surface area contributed by atoms with Gasteiger partial charge in [0.2, 0.25) is 0 Å². The van der Waals surface area contributed by atoms with Crippen molar-refractivity contribution in [2.24, 2.45) is 0 Å². The van der Waals surface area contributed by atoms with Gasteiger partial charge >= 0.3 is 0 Å². The largest absolute Gasteiger partial charge is 0.379 e. The van der Waals surface area contributed by atoms with Crippen LogP contribution in [0.25, 0.3) is 16.7 Å². The third kappa shape index (κ3) is 4.84. The van der Waals surface area contributed by atoms with Crippen LogP contribution < -0.4 is 16.4 Å². The van der Waals surface area contributed by atoms with Crippen molar-refractivity contribution in [2.45, 2.75) is 58.8 Å². The Labute approximate surface area is 191 Å². The Morgan fingerprint density at radius 3 is 2.94 bits per heavy atom. The van der Waals surface area contributed by atoms with Crippen LogP contribution in [0.1, 0.15) is 49.0 Å². The van der Waals surface area contributed by atoms with Gasteiger partial charge in [0.1, 0.15) is 16.8 Å². The lowest BCUT2D eigenvalue weighted by Crippen LogP contribution is -2.38. The second kappa shape index (κ2) is 9.84. The smallest absolute Gasteiger partial charge is 0.267 e. The highest BCUT2D eigenvalue weighted by molar-refractivity contribution is 5.96. The number of nitrogens with one attached hydrogen (secondary N) is 2. The Bertz CT molecular complexity index is 1290. The summed E-state index contributed by atoms with van der Waals surface area (Å²) in [6, 6.07) is 5.18. The zero-order valence-corrected chi connectivity index (χ0v) is 19.4. The normalized spacial score (nSPS) is 16.2. The average Bonchev–Trinajstić information content (AvgIpc) is 3.30. The summed E-state index contributed by atoms with van der Waals surface area (Å²) in [6.45, 7) is 7.82. The zero-order chi connectivity index (χ0) is 23.5. The number of amides is 1. The second-order valence-electron chi connectivity index (χ2n) is 8.72. The van der Waals surface area contributed by atoms with Crippen LogP contribution >= 0.6 is 0 Å². The number of nitrogens with zero attached hydrogens (tertiary/aromatic N) is 3. The molecule has 1 fully saturated rings. The molecule has 0 saturated carbocycles. The van der Waals surface area contributed by atoms with Crippen molar-refractivity contribution in [3.05, 3.63) is 51.4 Å². The van der Waals surface area contributed by atoms with E-state index >= 15 is 0 Å². The number of ether oxygens (including phenoxy) is 2. The first-order valence-electron chi connectivity index (χ1n) is 11.5. The summed E-state index contributed by atoms with van der Waals surface area (Å²) in [6.07, 6.45) is 4.27. The quantitative estimate of drug-likeness (QED) is 0.401. The van der Waals surface area contributed by atoms with Crippen molar-refractivity contribution in [1.82, 2.24) is 19.3 Å². The fraction of sp³-hybridized carbons (Fsp3) is 0.500. The Morgan fingerprint density at radius 1 is 1.39 bits per heavy atom. The first-order valence-corrected chi connectivity index (χ1v) is 11.5. The van der Waals surface area contributed by atoms with Gasteiger partial charge in [0, 0.05) is 32.5 Å². The molecule has 0 spiro atoms. The van der Waals surface area contributed by atoms with E-state index in [1.807, 2.05) is 26.8 Å². The molecule has 1 aliphatic heterocycles. The molecule has 3 aromatic rings. The van der Waals surface area contributed by atoms with Gasteiger partial charge in [0.05, 0.1) is 23.2 Å². The van der Waals surface area contributed by atoms with Gasteiger partial charge in [-0.05, 0) is 57.7 Å². The topological polar surface area (TPSA) is 111 Å². The number of pyridine rings is 2. The van der Waals surface area contributed by atoms with Crippen LogP contribution in [-0.2, 0) is 16.0 Å². The van der Waals surface area contributed by atoms with Gasteiger partial charge in [0.15, 0.2) is 0 Å². The van der Waals surface area contributed by atoms with Crippen molar-refractivity contribution < 1.29 is 14.3 Å². The van der Waals surface area contributed by atoms with Crippen molar-refractivity contribution in [3.8, 4) is 0 Å². The van der Waals surface area contributed by atoms with Crippen LogP contribution in [0.4, 0.5) is 0 Å². The molecule has 0 aromatic carbocycles. The maximum atomic E-state index is 13.3. The van der Waals surface area contributed by atoms with Gasteiger partial charge in [-0.2, -0.15) is 0 Å². The van der Waals surface area contributed by atoms with Gasteiger partial charge in [-0.25, -0.2) is 4.98 Å². The van der Waals surface area contributed by atoms with Crippen LogP contribution in [0.15, 0.2) is 29.2 Å². The first-order chi connectivity index (χ1) is 15.9. The van der Waals surface area contributed by atoms with Gasteiger partial charge < -0.3 is 19.4 Å². The van der Waals surface area contributed by atoms with E-state index in [4.69, 9.17) is 19.9 Å². The van der Waals surface area contributed by atoms with Gasteiger partial charge in [-0.3, -0.25) is 19.4 Å². The summed E-state index contributed by atoms with van der Waals surface area (Å²) >= 11 is 0. The van der Waals surface area contributed by atoms with Crippen LogP contribution in [-0.4, -0.2) is 51.8 Å². The molecule has 1 saturated heterocycles. The molecule has 1 aliphatic rings. The summed E-state index contributed by atoms with van der Waals surface area (Å²) in [4.78, 5) is 31.1. The van der Waals surface area contributed by atoms with E-state index in [1.165, 1.54) is 10.5 Å². The predicted octanol–water partition coefficient (Wildman–Crippen LogP) is 2.16. The third-order valence-corrected chi connectivity index (χ3v) is 5.87. The number of rotatable bonds is 8. The molecule has 4 heterocycles. The number of hydrogen-bond donors (Lipinski definition) is 2. The number of aryl methyl sites for hydroxylation is 2. The first kappa shape index (κ1) is 23.1. The monoisotopic (exact) mass is 453 g/mol. The minimum atomic E-state index is -0.390. The molecule has 1 atom stereocenters. The molecule has 176 valence electrons. The Morgan fingerprint density at radius 2 is 2.21 bits per heavy atom. The highest BCUT2D eigenvalue weighted by Crippen LogP contribution is 2.14. The van der Waals surface area contributed by atoms with Crippen molar-refractivity contribution >= 4 is 22.6 Å². The molecule has 9 nitrogen and oxygen atoms in total. The van der Waals surface area contributed by atoms with E-state index in [-0.39, 0.29) is 28.8 Å². The molecule has 0 unspecified atom stereocenters. The average molecular weight is 454 g/mol. The van der Waals surface area contributed by atoms with E-state index in [2.05, 4.69) is 5.32 Å². The number of carbonyl (C=O) groups is 1. The highest BCUT2D eigenvalue weighted by atomic mass is 16.5. The molecular formula is C24H31N5O4. The molecule has 1 amide bonds. The van der Waals surface area contributed by atoms with Crippen molar-refractivity contribution in [3.63, 3.8) is 0 Å². The van der Waals surface area contributed by atoms with Crippen LogP contribution in [0, 0.1) is 12.3 Å². The second-order valence-corrected chi connectivity index (χ2v) is 8.72. The van der Waals surface area contributed by atoms with E-state index in [0.717, 1.165) is 18.4 Å². The lowest BCUT2D eigenvalue weighted by atomic mass is 10.1. The van der Waals surface area contributed by atoms with E-state index < -0.39 is 5.91 Å². The Hall–Kier alpha value is -3.04. The Kier molecular flexibility index (Phi) is 6.90. The van der Waals surface area contributed by atoms with E-state index in [1.54, 1.807) is 16.8 Å². The van der Waals surface area contributed by atoms with Gasteiger partial charge in [-0.15, -0.1) is 0 Å². The number of hydrogen-bond acceptors (Lipinski definition) is 6. The minimum absolute atomic E-state index is 0.0110. The lowest BCUT2D eigenvalue weighted by molar-refractivity contribution is 0.0748. The fourth-order valence-corrected chi connectivity index (χ4v) is 4.14. The summed E-state index contributed by atoms with van der Waals surface area (Å²) < 4.78 is 14.4. The van der Waals surface area contributed by atoms with E-state index in [9.17, 15) is 9.59 Å². The Balaban J connectivity index is 1.79. The molecule has 0 radical (unpaired) electrons. The summed E-state index contributed by atoms with van der Waals surface area (Å²) in [5.74, 6) is -0.390. The molecule has 33 heavy (non-hydrogen) atoms. The summed E-state index contributed by atoms with van der Waals surface area (Å²) in [5, 5.41) is 12.0. The zero-order valence-electron chi connectivity index (χ0n) is 19.4. The van der Waals surface area contributed by atoms with Crippen LogP contribution in [0.5, 0.6) is 0 Å². The summed E-state index contributed by atoms with van der Waals surface area (Å²) in [5.41, 5.74) is 1.71. The van der Waals surface area contributed by atoms with Gasteiger partial charge in [-0.1, -0.05) is 6.07 Å². The standard InChI is InChI=1S/C24H31N5O4/c1-15(2)32-12-6-10-28-20(25)18(23(30)26-14-17-8-5-11-33-17)13-19-22(28)27-21-16(3)7-4-9-29(21)24(19)31/h4,7,9,13,15,17,25H,5-6,8,10-12,14H2,1-3H3,(H,26,30)/t17-/m1/s1. The number of aromatic nitrogens is 3. The molecule has 4 rings (SSSR count). The third-order valence-electron chi connectivity index (χ3n) is 5.87. The van der Waals surface area contributed by atoms with Crippen LogP contribution in [0.2, 0.25) is 0 Å². The van der Waals surface area contributed by atoms with Crippen LogP contribution in [0.3, 0.4) is 0 Å². The SMILES string of the molecule is Cc1cccn2c(=O)c3cc(C(=O)NC[C@H]4CCCO4)c(=N)n(CCCOC(C)C)c3nc12. The number of fused-ring (bicyclic) bond motifs is 2. The number of carbonyl (C=O) groups excluding carboxylic acids is 1. The summed E-state index contributed by atoms with van der Waals surface area (Å²) in [7, 11) is 0. The molecule has 9 heteroatoms. The van der Waals surface area contributed by atoms with Crippen molar-refractivity contribution in [1.29, 1.82) is 5.41 Å². The van der Waals surface area contributed by atoms with E-state index in [0.29, 0.717) is 49.4 Å². The predicted molar refractivity (Wildman–Crippen MR) is 125 cm³/mol. The maximum absolute atomic E-state index is 13.3. The molecule has 0 bridgehead atoms. The molecule has 3 aromatic heterocycles. The van der Waals surface area contributed by atoms with Gasteiger partial charge in [0.25, 0.3) is 11.5 Å². The molecule has 0 aliphatic carbocycles. The fourth-order valence-electron chi connectivity index (χ4n) is 4.14. The molecular weight excluding hydrogens is 422 g/mol. The minimum Gasteiger partial charge on any atom is -0.379 e. The maximum Gasteiger partial charge on any atom is 0.267 e. The lowest BCUT2D eigenvalue weighted by Gasteiger charge is -2.16. The van der Waals surface area contributed by atoms with Crippen molar-refractivity contribution in [2.75, 3.05) is 19.8 Å².